The van der Waals surface area contributed by atoms with Gasteiger partial charge in [-0.05, 0) is 68.7 Å². The number of hydrogen-bond donors (Lipinski definition) is 1. The Bertz CT molecular complexity index is 618. The third-order valence-corrected chi connectivity index (χ3v) is 6.12. The van der Waals surface area contributed by atoms with Gasteiger partial charge in [-0.2, -0.15) is 0 Å². The average Bonchev–Trinajstić information content (AvgIpc) is 2.70. The molecule has 0 saturated heterocycles. The number of nitrogens with zero attached hydrogens (tertiary/aromatic N) is 1. The fourth-order valence-electron chi connectivity index (χ4n) is 4.29. The second kappa shape index (κ2) is 13.9. The van der Waals surface area contributed by atoms with Crippen LogP contribution in [-0.2, 0) is 11.8 Å². The van der Waals surface area contributed by atoms with Crippen molar-refractivity contribution in [1.29, 1.82) is 0 Å². The molecular weight excluding hydrogens is 370 g/mol. The molecule has 0 aliphatic heterocycles. The van der Waals surface area contributed by atoms with Crippen molar-refractivity contribution in [3.8, 4) is 5.75 Å². The quantitative estimate of drug-likeness (QED) is 0.241. The van der Waals surface area contributed by atoms with Crippen LogP contribution in [0.1, 0.15) is 121 Å². The monoisotopic (exact) mass is 417 g/mol. The van der Waals surface area contributed by atoms with E-state index in [-0.39, 0.29) is 11.2 Å². The SMILES string of the molecule is CCCCC(CCC)N(CCCC)CCCCc1cc(C=O)c(O)c(C(C)(C)C)c1. The molecule has 1 rings (SSSR count). The second-order valence-electron chi connectivity index (χ2n) is 9.88. The van der Waals surface area contributed by atoms with Crippen molar-refractivity contribution in [2.24, 2.45) is 0 Å². The van der Waals surface area contributed by atoms with E-state index >= 15 is 0 Å². The van der Waals surface area contributed by atoms with E-state index in [0.717, 1.165) is 36.3 Å². The molecule has 0 spiro atoms. The van der Waals surface area contributed by atoms with E-state index in [9.17, 15) is 9.90 Å². The Morgan fingerprint density at radius 1 is 0.933 bits per heavy atom. The molecule has 3 heteroatoms. The Morgan fingerprint density at radius 3 is 2.17 bits per heavy atom. The summed E-state index contributed by atoms with van der Waals surface area (Å²) in [5, 5.41) is 10.4. The number of phenols is 1. The highest BCUT2D eigenvalue weighted by molar-refractivity contribution is 5.80. The highest BCUT2D eigenvalue weighted by atomic mass is 16.3. The lowest BCUT2D eigenvalue weighted by Gasteiger charge is -2.32. The van der Waals surface area contributed by atoms with Gasteiger partial charge in [0.25, 0.3) is 0 Å². The normalized spacial score (nSPS) is 13.0. The zero-order valence-electron chi connectivity index (χ0n) is 20.6. The van der Waals surface area contributed by atoms with Crippen molar-refractivity contribution in [2.75, 3.05) is 13.1 Å². The van der Waals surface area contributed by atoms with E-state index in [1.165, 1.54) is 64.5 Å². The highest BCUT2D eigenvalue weighted by Gasteiger charge is 2.21. The summed E-state index contributed by atoms with van der Waals surface area (Å²) >= 11 is 0. The lowest BCUT2D eigenvalue weighted by atomic mass is 9.83. The van der Waals surface area contributed by atoms with Gasteiger partial charge in [0.15, 0.2) is 6.29 Å². The van der Waals surface area contributed by atoms with Gasteiger partial charge in [-0.25, -0.2) is 0 Å². The first-order chi connectivity index (χ1) is 14.3. The van der Waals surface area contributed by atoms with Crippen LogP contribution < -0.4 is 0 Å². The van der Waals surface area contributed by atoms with Crippen molar-refractivity contribution in [1.82, 2.24) is 4.90 Å². The third-order valence-electron chi connectivity index (χ3n) is 6.12. The highest BCUT2D eigenvalue weighted by Crippen LogP contribution is 2.34. The van der Waals surface area contributed by atoms with E-state index in [2.05, 4.69) is 52.5 Å². The summed E-state index contributed by atoms with van der Waals surface area (Å²) in [5.74, 6) is 0.144. The number of phenolic OH excluding ortho intramolecular Hbond substituents is 1. The summed E-state index contributed by atoms with van der Waals surface area (Å²) in [4.78, 5) is 14.2. The van der Waals surface area contributed by atoms with Gasteiger partial charge in [-0.3, -0.25) is 4.79 Å². The number of unbranched alkanes of at least 4 members (excludes halogenated alkanes) is 3. The van der Waals surface area contributed by atoms with Crippen LogP contribution in [-0.4, -0.2) is 35.4 Å². The molecule has 0 bridgehead atoms. The number of hydrogen-bond acceptors (Lipinski definition) is 3. The van der Waals surface area contributed by atoms with Crippen LogP contribution in [0, 0.1) is 0 Å². The topological polar surface area (TPSA) is 40.5 Å². The number of rotatable bonds is 15. The maximum Gasteiger partial charge on any atom is 0.153 e. The number of benzene rings is 1. The first-order valence-corrected chi connectivity index (χ1v) is 12.3. The Kier molecular flexibility index (Phi) is 12.3. The smallest absolute Gasteiger partial charge is 0.153 e. The second-order valence-corrected chi connectivity index (χ2v) is 9.88. The van der Waals surface area contributed by atoms with E-state index in [1.54, 1.807) is 0 Å². The number of aldehydes is 1. The molecule has 1 N–H and O–H groups in total. The van der Waals surface area contributed by atoms with E-state index in [4.69, 9.17) is 0 Å². The summed E-state index contributed by atoms with van der Waals surface area (Å²) in [6, 6.07) is 4.69. The van der Waals surface area contributed by atoms with Crippen LogP contribution in [0.3, 0.4) is 0 Å². The number of aryl methyl sites for hydroxylation is 1. The average molecular weight is 418 g/mol. The molecule has 0 amide bonds. The summed E-state index contributed by atoms with van der Waals surface area (Å²) in [6.07, 6.45) is 13.0. The maximum absolute atomic E-state index is 11.4. The molecule has 0 aliphatic carbocycles. The predicted molar refractivity (Wildman–Crippen MR) is 130 cm³/mol. The number of carbonyl (C=O) groups excluding carboxylic acids is 1. The van der Waals surface area contributed by atoms with Crippen LogP contribution in [0.2, 0.25) is 0 Å². The van der Waals surface area contributed by atoms with Crippen LogP contribution in [0.15, 0.2) is 12.1 Å². The molecule has 0 radical (unpaired) electrons. The lowest BCUT2D eigenvalue weighted by Crippen LogP contribution is -2.37. The molecule has 0 heterocycles. The first kappa shape index (κ1) is 26.7. The molecule has 0 aliphatic rings. The van der Waals surface area contributed by atoms with Gasteiger partial charge < -0.3 is 10.0 Å². The van der Waals surface area contributed by atoms with Crippen molar-refractivity contribution in [3.05, 3.63) is 28.8 Å². The standard InChI is InChI=1S/C27H47NO2/c1-7-10-16-24(14-9-3)28(17-11-8-2)18-13-12-15-22-19-23(21-29)26(30)25(20-22)27(4,5)6/h19-21,24,30H,7-18H2,1-6H3. The van der Waals surface area contributed by atoms with Crippen LogP contribution in [0.4, 0.5) is 0 Å². The van der Waals surface area contributed by atoms with E-state index in [0.29, 0.717) is 5.56 Å². The summed E-state index contributed by atoms with van der Waals surface area (Å²) in [6.45, 7) is 15.5. The molecule has 0 saturated carbocycles. The van der Waals surface area contributed by atoms with E-state index < -0.39 is 0 Å². The summed E-state index contributed by atoms with van der Waals surface area (Å²) in [7, 11) is 0. The summed E-state index contributed by atoms with van der Waals surface area (Å²) < 4.78 is 0. The Balaban J connectivity index is 2.76. The van der Waals surface area contributed by atoms with Gasteiger partial charge >= 0.3 is 0 Å². The maximum atomic E-state index is 11.4. The van der Waals surface area contributed by atoms with Crippen LogP contribution in [0.5, 0.6) is 5.75 Å². The lowest BCUT2D eigenvalue weighted by molar-refractivity contribution is 0.112. The molecule has 0 aromatic heterocycles. The van der Waals surface area contributed by atoms with E-state index in [1.807, 2.05) is 6.07 Å². The molecule has 1 unspecified atom stereocenters. The minimum atomic E-state index is -0.179. The van der Waals surface area contributed by atoms with Crippen molar-refractivity contribution < 1.29 is 9.90 Å². The molecule has 3 nitrogen and oxygen atoms in total. The van der Waals surface area contributed by atoms with Gasteiger partial charge in [0.1, 0.15) is 5.75 Å². The predicted octanol–water partition coefficient (Wildman–Crippen LogP) is 7.29. The molecule has 1 atom stereocenters. The van der Waals surface area contributed by atoms with Crippen molar-refractivity contribution in [2.45, 2.75) is 117 Å². The molecule has 1 aromatic carbocycles. The van der Waals surface area contributed by atoms with Crippen LogP contribution in [0.25, 0.3) is 0 Å². The fraction of sp³-hybridized carbons (Fsp3) is 0.741. The number of carbonyl (C=O) groups is 1. The molecule has 1 aromatic rings. The van der Waals surface area contributed by atoms with Gasteiger partial charge in [-0.15, -0.1) is 0 Å². The molecular formula is C27H47NO2. The largest absolute Gasteiger partial charge is 0.507 e. The Morgan fingerprint density at radius 2 is 1.60 bits per heavy atom. The van der Waals surface area contributed by atoms with Gasteiger partial charge in [-0.1, -0.05) is 73.3 Å². The van der Waals surface area contributed by atoms with Crippen LogP contribution >= 0.6 is 0 Å². The Labute approximate surface area is 186 Å². The zero-order valence-corrected chi connectivity index (χ0v) is 20.6. The summed E-state index contributed by atoms with van der Waals surface area (Å²) in [5.41, 5.74) is 2.27. The van der Waals surface area contributed by atoms with Gasteiger partial charge in [0.2, 0.25) is 0 Å². The molecule has 30 heavy (non-hydrogen) atoms. The first-order valence-electron chi connectivity index (χ1n) is 12.3. The van der Waals surface area contributed by atoms with Crippen molar-refractivity contribution >= 4 is 6.29 Å². The molecule has 172 valence electrons. The van der Waals surface area contributed by atoms with Gasteiger partial charge in [0, 0.05) is 11.6 Å². The third kappa shape index (κ3) is 8.79. The minimum absolute atomic E-state index is 0.144. The number of aromatic hydroxyl groups is 1. The minimum Gasteiger partial charge on any atom is -0.507 e. The fourth-order valence-corrected chi connectivity index (χ4v) is 4.29. The molecule has 0 fully saturated rings. The van der Waals surface area contributed by atoms with Crippen molar-refractivity contribution in [3.63, 3.8) is 0 Å². The Hall–Kier alpha value is -1.35. The zero-order chi connectivity index (χ0) is 22.6. The van der Waals surface area contributed by atoms with Gasteiger partial charge in [0.05, 0.1) is 5.56 Å².